The summed E-state index contributed by atoms with van der Waals surface area (Å²) in [5.74, 6) is 2.04. The van der Waals surface area contributed by atoms with E-state index >= 15 is 0 Å². The van der Waals surface area contributed by atoms with E-state index in [1.807, 2.05) is 74.4 Å². The molecule has 0 aliphatic heterocycles. The fourth-order valence-corrected chi connectivity index (χ4v) is 2.01. The van der Waals surface area contributed by atoms with Crippen molar-refractivity contribution in [1.82, 2.24) is 0 Å². The number of hydrogen-bond acceptors (Lipinski definition) is 4. The van der Waals surface area contributed by atoms with Gasteiger partial charge < -0.3 is 14.2 Å². The summed E-state index contributed by atoms with van der Waals surface area (Å²) in [6.07, 6.45) is 0. The maximum absolute atomic E-state index is 6.01. The van der Waals surface area contributed by atoms with Gasteiger partial charge in [-0.3, -0.25) is 0 Å². The Balaban J connectivity index is 3.30. The first kappa shape index (κ1) is 19.0. The van der Waals surface area contributed by atoms with Crippen molar-refractivity contribution < 1.29 is 14.2 Å². The van der Waals surface area contributed by atoms with Crippen LogP contribution < -0.4 is 14.2 Å². The number of thiol groups is 1. The Kier molecular flexibility index (Phi) is 5.38. The van der Waals surface area contributed by atoms with Crippen molar-refractivity contribution in [3.8, 4) is 17.2 Å². The lowest BCUT2D eigenvalue weighted by Crippen LogP contribution is -2.26. The van der Waals surface area contributed by atoms with Crippen LogP contribution in [0.5, 0.6) is 17.2 Å². The second kappa shape index (κ2) is 6.23. The van der Waals surface area contributed by atoms with Crippen molar-refractivity contribution in [3.05, 3.63) is 12.1 Å². The van der Waals surface area contributed by atoms with Gasteiger partial charge in [-0.25, -0.2) is 0 Å². The van der Waals surface area contributed by atoms with E-state index in [1.165, 1.54) is 0 Å². The van der Waals surface area contributed by atoms with Crippen LogP contribution in [0.4, 0.5) is 0 Å². The minimum absolute atomic E-state index is 0.296. The lowest BCUT2D eigenvalue weighted by Gasteiger charge is -2.28. The molecule has 0 saturated carbocycles. The smallest absolute Gasteiger partial charge is 0.140 e. The number of hydrogen-bond donors (Lipinski definition) is 1. The SMILES string of the molecule is CC(C)(C)Oc1cc(OC(C)(C)C)c(S)c(OC(C)(C)C)c1. The first-order valence-corrected chi connectivity index (χ1v) is 8.05. The average molecular weight is 327 g/mol. The highest BCUT2D eigenvalue weighted by Crippen LogP contribution is 2.40. The third-order valence-corrected chi connectivity index (χ3v) is 2.71. The summed E-state index contributed by atoms with van der Waals surface area (Å²) in [7, 11) is 0. The zero-order chi connectivity index (χ0) is 17.3. The first-order chi connectivity index (χ1) is 9.66. The largest absolute Gasteiger partial charge is 0.488 e. The van der Waals surface area contributed by atoms with Gasteiger partial charge in [0.15, 0.2) is 0 Å². The highest BCUT2D eigenvalue weighted by Gasteiger charge is 2.22. The van der Waals surface area contributed by atoms with E-state index in [4.69, 9.17) is 14.2 Å². The van der Waals surface area contributed by atoms with Crippen LogP contribution in [-0.4, -0.2) is 16.8 Å². The number of ether oxygens (including phenoxy) is 3. The summed E-state index contributed by atoms with van der Waals surface area (Å²) in [5.41, 5.74) is -0.941. The van der Waals surface area contributed by atoms with Gasteiger partial charge in [-0.15, -0.1) is 12.6 Å². The Morgan fingerprint density at radius 3 is 1.23 bits per heavy atom. The molecule has 0 aliphatic rings. The van der Waals surface area contributed by atoms with Gasteiger partial charge in [-0.1, -0.05) is 0 Å². The highest BCUT2D eigenvalue weighted by molar-refractivity contribution is 7.80. The van der Waals surface area contributed by atoms with Gasteiger partial charge in [0.05, 0.1) is 4.90 Å². The van der Waals surface area contributed by atoms with Crippen LogP contribution in [0.3, 0.4) is 0 Å². The molecule has 4 heteroatoms. The first-order valence-electron chi connectivity index (χ1n) is 7.60. The molecule has 0 radical (unpaired) electrons. The molecule has 126 valence electrons. The van der Waals surface area contributed by atoms with Gasteiger partial charge in [0.2, 0.25) is 0 Å². The molecule has 0 heterocycles. The van der Waals surface area contributed by atoms with Crippen molar-refractivity contribution in [2.75, 3.05) is 0 Å². The molecule has 1 rings (SSSR count). The van der Waals surface area contributed by atoms with E-state index in [0.29, 0.717) is 22.1 Å². The van der Waals surface area contributed by atoms with Crippen molar-refractivity contribution in [3.63, 3.8) is 0 Å². The Hall–Kier alpha value is -1.03. The van der Waals surface area contributed by atoms with E-state index in [9.17, 15) is 0 Å². The van der Waals surface area contributed by atoms with E-state index < -0.39 is 0 Å². The molecule has 0 aromatic heterocycles. The predicted octanol–water partition coefficient (Wildman–Crippen LogP) is 5.51. The van der Waals surface area contributed by atoms with Gasteiger partial charge in [-0.2, -0.15) is 0 Å². The standard InChI is InChI=1S/C18H30O3S/c1-16(2,3)19-12-10-13(20-17(4,5)6)15(22)14(11-12)21-18(7,8)9/h10-11,22H,1-9H3. The molecule has 0 amide bonds. The zero-order valence-corrected chi connectivity index (χ0v) is 16.2. The van der Waals surface area contributed by atoms with Crippen molar-refractivity contribution in [2.24, 2.45) is 0 Å². The van der Waals surface area contributed by atoms with E-state index in [2.05, 4.69) is 12.6 Å². The molecular formula is C18H30O3S. The molecular weight excluding hydrogens is 296 g/mol. The average Bonchev–Trinajstić information content (AvgIpc) is 2.18. The topological polar surface area (TPSA) is 27.7 Å². The molecule has 1 aromatic carbocycles. The van der Waals surface area contributed by atoms with E-state index in [0.717, 1.165) is 0 Å². The molecule has 22 heavy (non-hydrogen) atoms. The second-order valence-corrected chi connectivity index (χ2v) is 8.86. The lowest BCUT2D eigenvalue weighted by atomic mass is 10.1. The molecule has 0 fully saturated rings. The number of rotatable bonds is 3. The summed E-state index contributed by atoms with van der Waals surface area (Å²) in [4.78, 5) is 0.686. The molecule has 0 bridgehead atoms. The molecule has 0 saturated heterocycles. The van der Waals surface area contributed by atoms with Crippen LogP contribution in [0.15, 0.2) is 17.0 Å². The Morgan fingerprint density at radius 2 is 0.955 bits per heavy atom. The second-order valence-electron chi connectivity index (χ2n) is 8.41. The van der Waals surface area contributed by atoms with Crippen LogP contribution >= 0.6 is 12.6 Å². The van der Waals surface area contributed by atoms with Gasteiger partial charge in [0.1, 0.15) is 34.1 Å². The Morgan fingerprint density at radius 1 is 0.636 bits per heavy atom. The molecule has 0 N–H and O–H groups in total. The van der Waals surface area contributed by atoms with Crippen molar-refractivity contribution in [1.29, 1.82) is 0 Å². The van der Waals surface area contributed by atoms with Crippen molar-refractivity contribution in [2.45, 2.75) is 84.0 Å². The minimum Gasteiger partial charge on any atom is -0.488 e. The molecule has 0 aliphatic carbocycles. The van der Waals surface area contributed by atoms with Gasteiger partial charge in [0, 0.05) is 12.1 Å². The Labute approximate surface area is 140 Å². The van der Waals surface area contributed by atoms with Gasteiger partial charge in [-0.05, 0) is 62.3 Å². The summed E-state index contributed by atoms with van der Waals surface area (Å²) >= 11 is 4.59. The highest BCUT2D eigenvalue weighted by atomic mass is 32.1. The van der Waals surface area contributed by atoms with E-state index in [1.54, 1.807) is 0 Å². The normalized spacial score (nSPS) is 13.0. The predicted molar refractivity (Wildman–Crippen MR) is 94.8 cm³/mol. The maximum atomic E-state index is 6.01. The maximum Gasteiger partial charge on any atom is 0.140 e. The van der Waals surface area contributed by atoms with Gasteiger partial charge in [0.25, 0.3) is 0 Å². The molecule has 1 aromatic rings. The zero-order valence-electron chi connectivity index (χ0n) is 15.3. The fourth-order valence-electron chi connectivity index (χ4n) is 1.79. The summed E-state index contributed by atoms with van der Waals surface area (Å²) in [5, 5.41) is 0. The quantitative estimate of drug-likeness (QED) is 0.742. The van der Waals surface area contributed by atoms with Crippen LogP contribution in [0.2, 0.25) is 0 Å². The third-order valence-electron chi connectivity index (χ3n) is 2.27. The molecule has 0 unspecified atom stereocenters. The minimum atomic E-state index is -0.323. The van der Waals surface area contributed by atoms with Crippen LogP contribution in [-0.2, 0) is 0 Å². The summed E-state index contributed by atoms with van der Waals surface area (Å²) in [6.45, 7) is 18.0. The van der Waals surface area contributed by atoms with Crippen LogP contribution in [0.1, 0.15) is 62.3 Å². The molecule has 3 nitrogen and oxygen atoms in total. The van der Waals surface area contributed by atoms with E-state index in [-0.39, 0.29) is 16.8 Å². The van der Waals surface area contributed by atoms with Crippen LogP contribution in [0.25, 0.3) is 0 Å². The summed E-state index contributed by atoms with van der Waals surface area (Å²) < 4.78 is 18.0. The molecule has 0 spiro atoms. The third kappa shape index (κ3) is 6.82. The van der Waals surface area contributed by atoms with Crippen molar-refractivity contribution >= 4 is 12.6 Å². The van der Waals surface area contributed by atoms with Gasteiger partial charge >= 0.3 is 0 Å². The Bertz CT molecular complexity index is 480. The fraction of sp³-hybridized carbons (Fsp3) is 0.667. The lowest BCUT2D eigenvalue weighted by molar-refractivity contribution is 0.106. The summed E-state index contributed by atoms with van der Waals surface area (Å²) in [6, 6.07) is 3.74. The monoisotopic (exact) mass is 326 g/mol. The number of benzene rings is 1. The molecule has 0 atom stereocenters. The van der Waals surface area contributed by atoms with Crippen LogP contribution in [0, 0.1) is 0 Å².